The molecule has 0 saturated carbocycles. The fourth-order valence-electron chi connectivity index (χ4n) is 1.92. The first-order valence-electron chi connectivity index (χ1n) is 6.59. The van der Waals surface area contributed by atoms with Gasteiger partial charge in [-0.2, -0.15) is 0 Å². The highest BCUT2D eigenvalue weighted by Gasteiger charge is 2.18. The van der Waals surface area contributed by atoms with E-state index < -0.39 is 0 Å². The Morgan fingerprint density at radius 3 is 2.44 bits per heavy atom. The van der Waals surface area contributed by atoms with Crippen molar-refractivity contribution in [3.8, 4) is 0 Å². The van der Waals surface area contributed by atoms with Gasteiger partial charge < -0.3 is 10.6 Å². The lowest BCUT2D eigenvalue weighted by Crippen LogP contribution is -2.37. The third-order valence-corrected chi connectivity index (χ3v) is 3.36. The Balaban J connectivity index is 2.47. The molecule has 0 radical (unpaired) electrons. The second kappa shape index (κ2) is 7.17. The van der Waals surface area contributed by atoms with Gasteiger partial charge in [0.25, 0.3) is 0 Å². The Hall–Kier alpha value is -1.35. The Bertz CT molecular complexity index is 369. The number of likely N-dealkylation sites (N-methyl/N-ethyl adjacent to an activating group) is 1. The maximum Gasteiger partial charge on any atom is 0.226 e. The Kier molecular flexibility index (Phi) is 5.86. The van der Waals surface area contributed by atoms with Gasteiger partial charge in [0.15, 0.2) is 0 Å². The van der Waals surface area contributed by atoms with Crippen molar-refractivity contribution in [1.29, 1.82) is 0 Å². The first-order valence-corrected chi connectivity index (χ1v) is 6.59. The summed E-state index contributed by atoms with van der Waals surface area (Å²) in [6.45, 7) is 5.26. The van der Waals surface area contributed by atoms with E-state index in [1.165, 1.54) is 11.1 Å². The molecule has 0 aromatic heterocycles. The molecular weight excluding hydrogens is 224 g/mol. The molecule has 3 nitrogen and oxygen atoms in total. The summed E-state index contributed by atoms with van der Waals surface area (Å²) in [6, 6.07) is 8.44. The van der Waals surface area contributed by atoms with E-state index in [2.05, 4.69) is 31.2 Å². The van der Waals surface area contributed by atoms with Crippen molar-refractivity contribution < 1.29 is 4.79 Å². The van der Waals surface area contributed by atoms with Crippen molar-refractivity contribution >= 4 is 5.91 Å². The number of hydrogen-bond donors (Lipinski definition) is 1. The average Bonchev–Trinajstić information content (AvgIpc) is 2.39. The molecule has 0 saturated heterocycles. The summed E-state index contributed by atoms with van der Waals surface area (Å²) in [5.74, 6) is 0.125. The van der Waals surface area contributed by atoms with Crippen LogP contribution in [0.15, 0.2) is 24.3 Å². The first-order chi connectivity index (χ1) is 8.58. The highest BCUT2D eigenvalue weighted by Crippen LogP contribution is 2.08. The molecule has 0 fully saturated rings. The molecule has 100 valence electrons. The lowest BCUT2D eigenvalue weighted by molar-refractivity contribution is -0.133. The van der Waals surface area contributed by atoms with Crippen LogP contribution in [-0.4, -0.2) is 30.9 Å². The van der Waals surface area contributed by atoms with Gasteiger partial charge in [-0.3, -0.25) is 4.79 Å². The van der Waals surface area contributed by atoms with Crippen molar-refractivity contribution in [2.45, 2.75) is 26.7 Å². The standard InChI is InChI=1S/C15H24N2O/c1-4-14(11-16)15(18)17(3)10-9-13-7-5-12(2)6-8-13/h5-8,14H,4,9-11,16H2,1-3H3. The van der Waals surface area contributed by atoms with Crippen LogP contribution in [0.1, 0.15) is 24.5 Å². The summed E-state index contributed by atoms with van der Waals surface area (Å²) in [4.78, 5) is 13.8. The minimum Gasteiger partial charge on any atom is -0.345 e. The van der Waals surface area contributed by atoms with Crippen LogP contribution in [0.25, 0.3) is 0 Å². The topological polar surface area (TPSA) is 46.3 Å². The van der Waals surface area contributed by atoms with Crippen LogP contribution in [-0.2, 0) is 11.2 Å². The molecule has 0 aliphatic carbocycles. The molecule has 1 unspecified atom stereocenters. The zero-order chi connectivity index (χ0) is 13.5. The van der Waals surface area contributed by atoms with Crippen molar-refractivity contribution in [3.05, 3.63) is 35.4 Å². The number of benzene rings is 1. The molecule has 0 aliphatic heterocycles. The first kappa shape index (κ1) is 14.7. The van der Waals surface area contributed by atoms with Gasteiger partial charge in [0.2, 0.25) is 5.91 Å². The minimum absolute atomic E-state index is 0.0342. The van der Waals surface area contributed by atoms with E-state index in [4.69, 9.17) is 5.73 Å². The number of nitrogens with zero attached hydrogens (tertiary/aromatic N) is 1. The van der Waals surface area contributed by atoms with Crippen molar-refractivity contribution in [1.82, 2.24) is 4.90 Å². The van der Waals surface area contributed by atoms with E-state index in [0.29, 0.717) is 6.54 Å². The van der Waals surface area contributed by atoms with E-state index in [-0.39, 0.29) is 11.8 Å². The van der Waals surface area contributed by atoms with E-state index in [9.17, 15) is 4.79 Å². The number of amides is 1. The number of hydrogen-bond acceptors (Lipinski definition) is 2. The predicted molar refractivity (Wildman–Crippen MR) is 75.4 cm³/mol. The molecule has 0 heterocycles. The third-order valence-electron chi connectivity index (χ3n) is 3.36. The number of rotatable bonds is 6. The molecule has 2 N–H and O–H groups in total. The van der Waals surface area contributed by atoms with Crippen LogP contribution < -0.4 is 5.73 Å². The second-order valence-electron chi connectivity index (χ2n) is 4.84. The van der Waals surface area contributed by atoms with Gasteiger partial charge in [-0.15, -0.1) is 0 Å². The molecule has 1 aromatic carbocycles. The smallest absolute Gasteiger partial charge is 0.226 e. The normalized spacial score (nSPS) is 12.2. The second-order valence-corrected chi connectivity index (χ2v) is 4.84. The minimum atomic E-state index is -0.0342. The average molecular weight is 248 g/mol. The number of aryl methyl sites for hydroxylation is 1. The van der Waals surface area contributed by atoms with E-state index in [1.807, 2.05) is 14.0 Å². The van der Waals surface area contributed by atoms with E-state index in [0.717, 1.165) is 19.4 Å². The van der Waals surface area contributed by atoms with Gasteiger partial charge in [-0.05, 0) is 25.3 Å². The van der Waals surface area contributed by atoms with Crippen LogP contribution in [0.4, 0.5) is 0 Å². The number of carbonyl (C=O) groups is 1. The van der Waals surface area contributed by atoms with Crippen molar-refractivity contribution in [3.63, 3.8) is 0 Å². The van der Waals surface area contributed by atoms with Crippen LogP contribution >= 0.6 is 0 Å². The van der Waals surface area contributed by atoms with Crippen LogP contribution in [0, 0.1) is 12.8 Å². The third kappa shape index (κ3) is 4.15. The van der Waals surface area contributed by atoms with Crippen LogP contribution in [0.3, 0.4) is 0 Å². The molecule has 0 aliphatic rings. The summed E-state index contributed by atoms with van der Waals surface area (Å²) in [5, 5.41) is 0. The van der Waals surface area contributed by atoms with Gasteiger partial charge in [0, 0.05) is 20.1 Å². The fraction of sp³-hybridized carbons (Fsp3) is 0.533. The summed E-state index contributed by atoms with van der Waals surface area (Å²) >= 11 is 0. The highest BCUT2D eigenvalue weighted by molar-refractivity contribution is 5.78. The fourth-order valence-corrected chi connectivity index (χ4v) is 1.92. The molecule has 18 heavy (non-hydrogen) atoms. The van der Waals surface area contributed by atoms with Gasteiger partial charge >= 0.3 is 0 Å². The van der Waals surface area contributed by atoms with Crippen molar-refractivity contribution in [2.75, 3.05) is 20.1 Å². The number of nitrogens with two attached hydrogens (primary N) is 1. The summed E-state index contributed by atoms with van der Waals surface area (Å²) in [6.07, 6.45) is 1.70. The number of carbonyl (C=O) groups excluding carboxylic acids is 1. The molecule has 1 atom stereocenters. The molecule has 0 spiro atoms. The van der Waals surface area contributed by atoms with E-state index >= 15 is 0 Å². The Morgan fingerprint density at radius 2 is 1.94 bits per heavy atom. The Morgan fingerprint density at radius 1 is 1.33 bits per heavy atom. The lowest BCUT2D eigenvalue weighted by atomic mass is 10.0. The lowest BCUT2D eigenvalue weighted by Gasteiger charge is -2.22. The quantitative estimate of drug-likeness (QED) is 0.836. The van der Waals surface area contributed by atoms with E-state index in [1.54, 1.807) is 4.90 Å². The van der Waals surface area contributed by atoms with Gasteiger partial charge in [0.1, 0.15) is 0 Å². The molecule has 0 bridgehead atoms. The van der Waals surface area contributed by atoms with Crippen LogP contribution in [0.2, 0.25) is 0 Å². The predicted octanol–water partition coefficient (Wildman–Crippen LogP) is 1.98. The molecule has 3 heteroatoms. The zero-order valence-corrected chi connectivity index (χ0v) is 11.6. The molecule has 1 amide bonds. The summed E-state index contributed by atoms with van der Waals surface area (Å²) < 4.78 is 0. The van der Waals surface area contributed by atoms with Crippen LogP contribution in [0.5, 0.6) is 0 Å². The largest absolute Gasteiger partial charge is 0.345 e. The summed E-state index contributed by atoms with van der Waals surface area (Å²) in [5.41, 5.74) is 8.12. The summed E-state index contributed by atoms with van der Waals surface area (Å²) in [7, 11) is 1.86. The molecular formula is C15H24N2O. The Labute approximate surface area is 110 Å². The monoisotopic (exact) mass is 248 g/mol. The SMILES string of the molecule is CCC(CN)C(=O)N(C)CCc1ccc(C)cc1. The highest BCUT2D eigenvalue weighted by atomic mass is 16.2. The maximum atomic E-state index is 12.0. The van der Waals surface area contributed by atoms with Crippen molar-refractivity contribution in [2.24, 2.45) is 11.7 Å². The zero-order valence-electron chi connectivity index (χ0n) is 11.6. The maximum absolute atomic E-state index is 12.0. The van der Waals surface area contributed by atoms with Gasteiger partial charge in [0.05, 0.1) is 5.92 Å². The molecule has 1 rings (SSSR count). The van der Waals surface area contributed by atoms with Gasteiger partial charge in [-0.1, -0.05) is 36.8 Å². The molecule has 1 aromatic rings. The van der Waals surface area contributed by atoms with Gasteiger partial charge in [-0.25, -0.2) is 0 Å².